The zero-order valence-corrected chi connectivity index (χ0v) is 12.0. The van der Waals surface area contributed by atoms with Crippen LogP contribution in [0.4, 0.5) is 11.5 Å². The summed E-state index contributed by atoms with van der Waals surface area (Å²) in [5, 5.41) is 13.9. The number of aromatic nitrogens is 1. The number of pyridine rings is 1. The van der Waals surface area contributed by atoms with Crippen molar-refractivity contribution in [2.24, 2.45) is 0 Å². The van der Waals surface area contributed by atoms with Crippen LogP contribution in [0.2, 0.25) is 0 Å². The first-order valence-corrected chi connectivity index (χ1v) is 6.48. The van der Waals surface area contributed by atoms with E-state index in [2.05, 4.69) is 36.1 Å². The minimum absolute atomic E-state index is 0.0603. The monoisotopic (exact) mass is 266 g/mol. The average Bonchev–Trinajstić information content (AvgIpc) is 2.33. The Balaban J connectivity index is 2.42. The van der Waals surface area contributed by atoms with Gasteiger partial charge in [-0.15, -0.1) is 0 Å². The Bertz CT molecular complexity index is 435. The first-order valence-electron chi connectivity index (χ1n) is 6.48. The molecule has 0 saturated carbocycles. The van der Waals surface area contributed by atoms with Crippen molar-refractivity contribution in [3.63, 3.8) is 0 Å². The lowest BCUT2D eigenvalue weighted by Gasteiger charge is -2.20. The predicted molar refractivity (Wildman–Crippen MR) is 76.5 cm³/mol. The van der Waals surface area contributed by atoms with E-state index in [1.165, 1.54) is 6.07 Å². The summed E-state index contributed by atoms with van der Waals surface area (Å²) in [6.07, 6.45) is 1.01. The molecule has 1 N–H and O–H groups in total. The Morgan fingerprint density at radius 1 is 1.47 bits per heavy atom. The van der Waals surface area contributed by atoms with Crippen molar-refractivity contribution in [3.05, 3.63) is 27.9 Å². The zero-order valence-electron chi connectivity index (χ0n) is 12.0. The van der Waals surface area contributed by atoms with E-state index in [1.807, 2.05) is 0 Å². The second-order valence-electron chi connectivity index (χ2n) is 4.91. The molecule has 0 atom stereocenters. The number of hydrogen-bond donors (Lipinski definition) is 1. The maximum absolute atomic E-state index is 10.7. The van der Waals surface area contributed by atoms with E-state index in [0.29, 0.717) is 17.6 Å². The molecule has 0 radical (unpaired) electrons. The van der Waals surface area contributed by atoms with Crippen molar-refractivity contribution >= 4 is 11.5 Å². The number of anilines is 1. The molecular formula is C13H22N4O2. The fourth-order valence-corrected chi connectivity index (χ4v) is 1.65. The molecule has 0 unspecified atom stereocenters. The van der Waals surface area contributed by atoms with E-state index in [0.717, 1.165) is 19.5 Å². The van der Waals surface area contributed by atoms with Gasteiger partial charge in [0.15, 0.2) is 0 Å². The van der Waals surface area contributed by atoms with Gasteiger partial charge < -0.3 is 10.2 Å². The van der Waals surface area contributed by atoms with E-state index in [9.17, 15) is 10.1 Å². The molecule has 1 aromatic heterocycles. The number of nitrogens with one attached hydrogen (secondary N) is 1. The molecule has 0 aliphatic carbocycles. The Hall–Kier alpha value is -1.69. The molecule has 0 bridgehead atoms. The summed E-state index contributed by atoms with van der Waals surface area (Å²) in [6.45, 7) is 7.79. The van der Waals surface area contributed by atoms with Gasteiger partial charge in [-0.05, 0) is 46.9 Å². The number of aryl methyl sites for hydroxylation is 1. The molecular weight excluding hydrogens is 244 g/mol. The maximum atomic E-state index is 10.7. The van der Waals surface area contributed by atoms with E-state index in [-0.39, 0.29) is 5.69 Å². The van der Waals surface area contributed by atoms with Crippen molar-refractivity contribution < 1.29 is 4.92 Å². The van der Waals surface area contributed by atoms with Crippen LogP contribution in [0.1, 0.15) is 26.0 Å². The predicted octanol–water partition coefficient (Wildman–Crippen LogP) is 2.44. The minimum atomic E-state index is -0.413. The third kappa shape index (κ3) is 4.82. The van der Waals surface area contributed by atoms with Gasteiger partial charge in [0.2, 0.25) is 0 Å². The number of rotatable bonds is 7. The summed E-state index contributed by atoms with van der Waals surface area (Å²) in [5.74, 6) is 0.690. The van der Waals surface area contributed by atoms with Gasteiger partial charge in [0.05, 0.1) is 4.92 Å². The van der Waals surface area contributed by atoms with Crippen LogP contribution < -0.4 is 5.32 Å². The zero-order chi connectivity index (χ0) is 14.4. The van der Waals surface area contributed by atoms with E-state index in [1.54, 1.807) is 13.0 Å². The first kappa shape index (κ1) is 15.4. The van der Waals surface area contributed by atoms with E-state index < -0.39 is 4.92 Å². The third-order valence-electron chi connectivity index (χ3n) is 3.13. The lowest BCUT2D eigenvalue weighted by Crippen LogP contribution is -2.28. The van der Waals surface area contributed by atoms with Crippen molar-refractivity contribution in [2.75, 3.05) is 25.5 Å². The molecule has 0 aromatic carbocycles. The molecule has 19 heavy (non-hydrogen) atoms. The Morgan fingerprint density at radius 2 is 2.16 bits per heavy atom. The molecule has 6 nitrogen and oxygen atoms in total. The lowest BCUT2D eigenvalue weighted by molar-refractivity contribution is -0.385. The third-order valence-corrected chi connectivity index (χ3v) is 3.13. The van der Waals surface area contributed by atoms with Crippen LogP contribution in [0.3, 0.4) is 0 Å². The summed E-state index contributed by atoms with van der Waals surface area (Å²) in [7, 11) is 2.10. The molecule has 0 fully saturated rings. The Kier molecular flexibility index (Phi) is 5.69. The molecule has 1 aromatic rings. The van der Waals surface area contributed by atoms with E-state index in [4.69, 9.17) is 0 Å². The Morgan fingerprint density at radius 3 is 2.68 bits per heavy atom. The fourth-order valence-electron chi connectivity index (χ4n) is 1.65. The standard InChI is InChI=1S/C13H22N4O2/c1-10(2)16(4)9-5-8-14-13-7-6-12(17(18)19)11(3)15-13/h6-7,10H,5,8-9H2,1-4H3,(H,14,15). The second kappa shape index (κ2) is 7.04. The molecule has 6 heteroatoms. The highest BCUT2D eigenvalue weighted by atomic mass is 16.6. The smallest absolute Gasteiger partial charge is 0.290 e. The highest BCUT2D eigenvalue weighted by Gasteiger charge is 2.11. The molecule has 0 aliphatic heterocycles. The molecule has 1 heterocycles. The lowest BCUT2D eigenvalue weighted by atomic mass is 10.3. The van der Waals surface area contributed by atoms with Crippen molar-refractivity contribution in [3.8, 4) is 0 Å². The van der Waals surface area contributed by atoms with Gasteiger partial charge in [-0.25, -0.2) is 4.98 Å². The highest BCUT2D eigenvalue weighted by Crippen LogP contribution is 2.17. The fraction of sp³-hybridized carbons (Fsp3) is 0.615. The van der Waals surface area contributed by atoms with Crippen molar-refractivity contribution in [2.45, 2.75) is 33.2 Å². The van der Waals surface area contributed by atoms with Crippen LogP contribution in [0.25, 0.3) is 0 Å². The average molecular weight is 266 g/mol. The molecule has 0 amide bonds. The quantitative estimate of drug-likeness (QED) is 0.466. The first-order chi connectivity index (χ1) is 8.91. The van der Waals surface area contributed by atoms with Gasteiger partial charge in [0.1, 0.15) is 11.5 Å². The summed E-state index contributed by atoms with van der Waals surface area (Å²) >= 11 is 0. The maximum Gasteiger partial charge on any atom is 0.290 e. The number of nitro groups is 1. The van der Waals surface area contributed by atoms with Gasteiger partial charge in [-0.3, -0.25) is 10.1 Å². The van der Waals surface area contributed by atoms with Gasteiger partial charge in [-0.1, -0.05) is 0 Å². The Labute approximate surface area is 114 Å². The van der Waals surface area contributed by atoms with Crippen LogP contribution in [-0.2, 0) is 0 Å². The molecule has 0 saturated heterocycles. The molecule has 0 aliphatic rings. The summed E-state index contributed by atoms with van der Waals surface area (Å²) in [5.41, 5.74) is 0.499. The summed E-state index contributed by atoms with van der Waals surface area (Å²) in [6, 6.07) is 3.68. The summed E-state index contributed by atoms with van der Waals surface area (Å²) < 4.78 is 0. The van der Waals surface area contributed by atoms with Crippen LogP contribution in [0.5, 0.6) is 0 Å². The van der Waals surface area contributed by atoms with E-state index >= 15 is 0 Å². The minimum Gasteiger partial charge on any atom is -0.370 e. The van der Waals surface area contributed by atoms with Crippen LogP contribution in [0, 0.1) is 17.0 Å². The number of hydrogen-bond acceptors (Lipinski definition) is 5. The normalized spacial score (nSPS) is 11.1. The largest absolute Gasteiger partial charge is 0.370 e. The van der Waals surface area contributed by atoms with Crippen LogP contribution in [-0.4, -0.2) is 41.0 Å². The van der Waals surface area contributed by atoms with Gasteiger partial charge >= 0.3 is 0 Å². The van der Waals surface area contributed by atoms with Crippen molar-refractivity contribution in [1.82, 2.24) is 9.88 Å². The van der Waals surface area contributed by atoms with Gasteiger partial charge in [-0.2, -0.15) is 0 Å². The number of nitrogens with zero attached hydrogens (tertiary/aromatic N) is 3. The molecule has 106 valence electrons. The van der Waals surface area contributed by atoms with Crippen LogP contribution in [0.15, 0.2) is 12.1 Å². The van der Waals surface area contributed by atoms with Gasteiger partial charge in [0, 0.05) is 18.7 Å². The van der Waals surface area contributed by atoms with Gasteiger partial charge in [0.25, 0.3) is 5.69 Å². The summed E-state index contributed by atoms with van der Waals surface area (Å²) in [4.78, 5) is 16.7. The SMILES string of the molecule is Cc1nc(NCCCN(C)C(C)C)ccc1[N+](=O)[O-]. The topological polar surface area (TPSA) is 71.3 Å². The van der Waals surface area contributed by atoms with Crippen molar-refractivity contribution in [1.29, 1.82) is 0 Å². The molecule has 1 rings (SSSR count). The second-order valence-corrected chi connectivity index (χ2v) is 4.91. The molecule has 0 spiro atoms. The van der Waals surface area contributed by atoms with Crippen LogP contribution >= 0.6 is 0 Å². The highest BCUT2D eigenvalue weighted by molar-refractivity contribution is 5.44.